The van der Waals surface area contributed by atoms with Crippen LogP contribution in [0.2, 0.25) is 0 Å². The number of aryl methyl sites for hydroxylation is 1. The molecule has 18 aromatic carbocycles. The molecule has 0 unspecified atom stereocenters. The smallest absolute Gasteiger partial charge is 0.252 e. The summed E-state index contributed by atoms with van der Waals surface area (Å²) in [4.78, 5) is 5.30. The van der Waals surface area contributed by atoms with Gasteiger partial charge in [0.05, 0.1) is 22.4 Å². The number of benzene rings is 18. The predicted octanol–water partition coefficient (Wildman–Crippen LogP) is 33.2. The Morgan fingerprint density at radius 3 is 1.08 bits per heavy atom. The fourth-order valence-electron chi connectivity index (χ4n) is 20.9. The molecule has 0 saturated carbocycles. The maximum Gasteiger partial charge on any atom is 0.252 e. The Bertz CT molecular complexity index is 8000. The molecule has 5 heterocycles. The Balaban J connectivity index is 0.942. The zero-order chi connectivity index (χ0) is 91.8. The van der Waals surface area contributed by atoms with Crippen LogP contribution in [0.15, 0.2) is 391 Å². The average molecular weight is 1690 g/mol. The van der Waals surface area contributed by atoms with Crippen LogP contribution in [0.25, 0.3) is 172 Å². The molecule has 0 aliphatic carbocycles. The highest BCUT2D eigenvalue weighted by Gasteiger charge is 2.47. The summed E-state index contributed by atoms with van der Waals surface area (Å²) in [6.07, 6.45) is 0. The zero-order valence-corrected chi connectivity index (χ0v) is 76.1. The molecule has 632 valence electrons. The van der Waals surface area contributed by atoms with Crippen LogP contribution in [-0.4, -0.2) is 11.3 Å². The number of fused-ring (bicyclic) bond motifs is 13. The Kier molecular flexibility index (Phi) is 18.0. The molecule has 131 heavy (non-hydrogen) atoms. The van der Waals surface area contributed by atoms with Crippen LogP contribution in [0.4, 0.5) is 34.1 Å². The predicted molar refractivity (Wildman–Crippen MR) is 558 cm³/mol. The molecule has 0 fully saturated rings. The Labute approximate surface area is 772 Å². The molecular formula is C125H102BN3O2. The molecule has 3 aromatic heterocycles. The number of hydrogen-bond donors (Lipinski definition) is 0. The van der Waals surface area contributed by atoms with Gasteiger partial charge in [0.25, 0.3) is 6.71 Å². The summed E-state index contributed by atoms with van der Waals surface area (Å²) < 4.78 is 45.4. The molecule has 0 radical (unpaired) electrons. The lowest BCUT2D eigenvalue weighted by Crippen LogP contribution is -2.61. The van der Waals surface area contributed by atoms with Crippen LogP contribution in [0.1, 0.15) is 115 Å². The van der Waals surface area contributed by atoms with Crippen molar-refractivity contribution in [3.8, 4) is 106 Å². The first kappa shape index (κ1) is 77.2. The van der Waals surface area contributed by atoms with Gasteiger partial charge in [0.15, 0.2) is 0 Å². The number of anilines is 6. The molecule has 2 aliphatic rings. The van der Waals surface area contributed by atoms with Crippen molar-refractivity contribution in [2.75, 3.05) is 9.80 Å². The molecule has 6 heteroatoms. The van der Waals surface area contributed by atoms with Crippen molar-refractivity contribution in [2.24, 2.45) is 0 Å². The van der Waals surface area contributed by atoms with Crippen molar-refractivity contribution in [1.82, 2.24) is 4.57 Å². The van der Waals surface area contributed by atoms with Gasteiger partial charge in [0, 0.05) is 87.1 Å². The Morgan fingerprint density at radius 2 is 0.626 bits per heavy atom. The van der Waals surface area contributed by atoms with Crippen LogP contribution in [0.3, 0.4) is 0 Å². The van der Waals surface area contributed by atoms with E-state index in [1.54, 1.807) is 0 Å². The van der Waals surface area contributed by atoms with Crippen LogP contribution in [0, 0.1) is 6.85 Å². The molecule has 0 bridgehead atoms. The minimum Gasteiger partial charge on any atom is -0.456 e. The first-order chi connectivity index (χ1) is 64.6. The van der Waals surface area contributed by atoms with Gasteiger partial charge in [-0.25, -0.2) is 0 Å². The average Bonchev–Trinajstić information content (AvgIpc) is 0.719. The maximum atomic E-state index is 9.59. The highest BCUT2D eigenvalue weighted by atomic mass is 16.3. The molecule has 0 amide bonds. The van der Waals surface area contributed by atoms with E-state index in [1.807, 2.05) is 30.3 Å². The van der Waals surface area contributed by atoms with E-state index in [9.17, 15) is 4.11 Å². The van der Waals surface area contributed by atoms with Gasteiger partial charge in [0.1, 0.15) is 22.3 Å². The second kappa shape index (κ2) is 30.6. The summed E-state index contributed by atoms with van der Waals surface area (Å²) >= 11 is 0. The van der Waals surface area contributed by atoms with E-state index in [1.165, 1.54) is 27.5 Å². The summed E-state index contributed by atoms with van der Waals surface area (Å²) in [5, 5.41) is 6.41. The van der Waals surface area contributed by atoms with Gasteiger partial charge in [-0.05, 0) is 278 Å². The molecule has 0 spiro atoms. The fourth-order valence-corrected chi connectivity index (χ4v) is 20.9. The van der Waals surface area contributed by atoms with Crippen LogP contribution in [-0.2, 0) is 21.7 Å². The standard InChI is InChI=1S/C125H102BN3O2/c1-77-61-84(78-35-19-14-20-36-78)63-85(62-77)89-68-111-119-112(69-89)129(120-99(81-41-25-17-26-42-81)72-92(124(8,9)10)73-100(120)82-43-27-18-28-44-82)110-76-94(127-107-59-54-90(122(2,3)4)70-101(107)102-71-91(123(5,6)7)55-60-108(102)127)56-57-105(110)126(119)106-67-83(88-65-86(79-37-21-15-22-38-79)64-87(66-88)80-39-23-16-24-40-80)53-58-109(106)128(111)121-103(95-47-33-51-115-117(95)97-45-29-31-49-113(97)130-115)74-93(125(11,12)13)75-104(121)96-48-34-52-116-118(96)98-46-30-32-50-114(98)131-116/h14-76H,1-13H3/i1D3. The third kappa shape index (κ3) is 13.7. The minimum atomic E-state index is -2.52. The maximum absolute atomic E-state index is 9.59. The highest BCUT2D eigenvalue weighted by Crippen LogP contribution is 2.58. The largest absolute Gasteiger partial charge is 0.456 e. The van der Waals surface area contributed by atoms with E-state index < -0.39 is 19.0 Å². The second-order valence-corrected chi connectivity index (χ2v) is 40.2. The lowest BCUT2D eigenvalue weighted by atomic mass is 9.33. The topological polar surface area (TPSA) is 37.7 Å². The van der Waals surface area contributed by atoms with Crippen molar-refractivity contribution in [2.45, 2.75) is 112 Å². The summed E-state index contributed by atoms with van der Waals surface area (Å²) in [6.45, 7) is 24.9. The lowest BCUT2D eigenvalue weighted by molar-refractivity contribution is 0.590. The Morgan fingerprint density at radius 1 is 0.244 bits per heavy atom. The molecule has 0 N–H and O–H groups in total. The first-order valence-corrected chi connectivity index (χ1v) is 46.0. The SMILES string of the molecule is [2H]C([2H])([2H])c1cc(-c2ccccc2)cc(-c2cc3c4c(c2)N(c2c(-c5cccc6oc7ccccc7c56)cc(C(C)(C)C)cc2-c2cccc5oc6ccccc6c25)c2ccc(-c5cc(-c6ccccc6)cc(-c6ccccc6)c5)cc2B4c2ccc(-n4c5ccc(C(C)(C)C)cc5c5cc(C(C)(C)C)ccc54)cc2N3c2c(-c3ccccc3)cc(C(C)(C)C)cc2-c2ccccc2)c1. The summed E-state index contributed by atoms with van der Waals surface area (Å²) in [5.74, 6) is 0. The second-order valence-electron chi connectivity index (χ2n) is 40.2. The molecule has 23 rings (SSSR count). The fraction of sp³-hybridized carbons (Fsp3) is 0.136. The Hall–Kier alpha value is -15.0. The van der Waals surface area contributed by atoms with Crippen LogP contribution < -0.4 is 26.2 Å². The van der Waals surface area contributed by atoms with Crippen molar-refractivity contribution in [3.63, 3.8) is 0 Å². The van der Waals surface area contributed by atoms with Gasteiger partial charge in [0.2, 0.25) is 0 Å². The van der Waals surface area contributed by atoms with Gasteiger partial charge in [-0.1, -0.05) is 338 Å². The highest BCUT2D eigenvalue weighted by molar-refractivity contribution is 7.00. The molecule has 0 atom stereocenters. The van der Waals surface area contributed by atoms with Crippen LogP contribution >= 0.6 is 0 Å². The van der Waals surface area contributed by atoms with E-state index >= 15 is 0 Å². The lowest BCUT2D eigenvalue weighted by Gasteiger charge is -2.46. The van der Waals surface area contributed by atoms with Crippen molar-refractivity contribution >= 4 is 123 Å². The van der Waals surface area contributed by atoms with E-state index in [0.29, 0.717) is 0 Å². The van der Waals surface area contributed by atoms with Crippen molar-refractivity contribution < 1.29 is 12.9 Å². The first-order valence-electron chi connectivity index (χ1n) is 47.5. The van der Waals surface area contributed by atoms with Gasteiger partial charge in [-0.2, -0.15) is 0 Å². The number of rotatable bonds is 12. The van der Waals surface area contributed by atoms with Crippen molar-refractivity contribution in [3.05, 3.63) is 410 Å². The number of para-hydroxylation sites is 2. The van der Waals surface area contributed by atoms with E-state index in [0.717, 1.165) is 217 Å². The number of nitrogens with zero attached hydrogens (tertiary/aromatic N) is 3. The molecule has 0 saturated heterocycles. The number of furan rings is 2. The minimum absolute atomic E-state index is 0.139. The van der Waals surface area contributed by atoms with Gasteiger partial charge in [-0.15, -0.1) is 0 Å². The van der Waals surface area contributed by atoms with Crippen molar-refractivity contribution in [1.29, 1.82) is 0 Å². The third-order valence-corrected chi connectivity index (χ3v) is 27.6. The molecular weight excluding hydrogens is 1590 g/mol. The van der Waals surface area contributed by atoms with Gasteiger partial charge < -0.3 is 23.2 Å². The normalized spacial score (nSPS) is 13.3. The summed E-state index contributed by atoms with van der Waals surface area (Å²) in [6, 6.07) is 141. The number of aromatic nitrogens is 1. The van der Waals surface area contributed by atoms with E-state index in [2.05, 4.69) is 449 Å². The molecule has 2 aliphatic heterocycles. The summed E-state index contributed by atoms with van der Waals surface area (Å²) in [5.41, 5.74) is 37.4. The van der Waals surface area contributed by atoms with Crippen LogP contribution in [0.5, 0.6) is 0 Å². The molecule has 21 aromatic rings. The quantitative estimate of drug-likeness (QED) is 0.114. The summed E-state index contributed by atoms with van der Waals surface area (Å²) in [7, 11) is 0. The van der Waals surface area contributed by atoms with E-state index in [4.69, 9.17) is 8.83 Å². The van der Waals surface area contributed by atoms with Gasteiger partial charge in [-0.3, -0.25) is 0 Å². The molecule has 5 nitrogen and oxygen atoms in total. The third-order valence-electron chi connectivity index (χ3n) is 27.6. The monoisotopic (exact) mass is 1690 g/mol. The number of hydrogen-bond acceptors (Lipinski definition) is 4. The zero-order valence-electron chi connectivity index (χ0n) is 79.1. The van der Waals surface area contributed by atoms with Gasteiger partial charge >= 0.3 is 0 Å². The van der Waals surface area contributed by atoms with E-state index in [-0.39, 0.29) is 21.8 Å².